The van der Waals surface area contributed by atoms with E-state index in [1.54, 1.807) is 6.07 Å². The van der Waals surface area contributed by atoms with Crippen LogP contribution in [0, 0.1) is 11.3 Å². The molecule has 1 aliphatic rings. The second-order valence-corrected chi connectivity index (χ2v) is 5.10. The average molecular weight is 287 g/mol. The first-order valence-corrected chi connectivity index (χ1v) is 7.36. The van der Waals surface area contributed by atoms with Crippen molar-refractivity contribution in [2.45, 2.75) is 13.3 Å². The van der Waals surface area contributed by atoms with Crippen LogP contribution in [0.4, 0.5) is 0 Å². The molecule has 2 rings (SSSR count). The summed E-state index contributed by atoms with van der Waals surface area (Å²) in [5.74, 6) is 0.777. The Hall–Kier alpha value is -2.06. The van der Waals surface area contributed by atoms with Gasteiger partial charge in [-0.2, -0.15) is 5.26 Å². The fraction of sp³-hybridized carbons (Fsp3) is 0.500. The maximum Gasteiger partial charge on any atom is 0.254 e. The van der Waals surface area contributed by atoms with Gasteiger partial charge < -0.3 is 9.64 Å². The molecule has 1 saturated heterocycles. The summed E-state index contributed by atoms with van der Waals surface area (Å²) in [4.78, 5) is 16.4. The van der Waals surface area contributed by atoms with E-state index in [0.29, 0.717) is 31.8 Å². The molecule has 0 atom stereocenters. The van der Waals surface area contributed by atoms with Gasteiger partial charge in [-0.25, -0.2) is 0 Å². The highest BCUT2D eigenvalue weighted by Gasteiger charge is 2.22. The Bertz CT molecular complexity index is 516. The van der Waals surface area contributed by atoms with Crippen LogP contribution >= 0.6 is 0 Å². The van der Waals surface area contributed by atoms with Crippen LogP contribution in [-0.2, 0) is 0 Å². The third-order valence-electron chi connectivity index (χ3n) is 3.51. The standard InChI is InChI=1S/C16H21N3O2/c1-2-12-21-15-5-3-4-14(13-15)16(20)19-10-8-18(7-6-17)9-11-19/h3-5,13H,2,7-12H2,1H3. The molecular formula is C16H21N3O2. The molecule has 0 aromatic heterocycles. The molecular weight excluding hydrogens is 266 g/mol. The van der Waals surface area contributed by atoms with E-state index in [1.807, 2.05) is 23.1 Å². The van der Waals surface area contributed by atoms with Crippen LogP contribution in [0.15, 0.2) is 24.3 Å². The molecule has 1 aromatic carbocycles. The molecule has 5 heteroatoms. The molecule has 112 valence electrons. The predicted octanol–water partition coefficient (Wildman–Crippen LogP) is 1.76. The lowest BCUT2D eigenvalue weighted by atomic mass is 10.1. The minimum absolute atomic E-state index is 0.0357. The zero-order valence-electron chi connectivity index (χ0n) is 12.4. The molecule has 0 saturated carbocycles. The quantitative estimate of drug-likeness (QED) is 0.774. The zero-order valence-corrected chi connectivity index (χ0v) is 12.4. The Morgan fingerprint density at radius 2 is 2.10 bits per heavy atom. The first-order valence-electron chi connectivity index (χ1n) is 7.36. The number of nitrogens with zero attached hydrogens (tertiary/aromatic N) is 3. The summed E-state index contributed by atoms with van der Waals surface area (Å²) in [6, 6.07) is 9.50. The SMILES string of the molecule is CCCOc1cccc(C(=O)N2CCN(CC#N)CC2)c1. The molecule has 1 fully saturated rings. The summed E-state index contributed by atoms with van der Waals surface area (Å²) < 4.78 is 5.57. The topological polar surface area (TPSA) is 56.6 Å². The van der Waals surface area contributed by atoms with Crippen LogP contribution < -0.4 is 4.74 Å². The summed E-state index contributed by atoms with van der Waals surface area (Å²) in [6.45, 7) is 5.99. The third-order valence-corrected chi connectivity index (χ3v) is 3.51. The lowest BCUT2D eigenvalue weighted by Crippen LogP contribution is -2.48. The van der Waals surface area contributed by atoms with Gasteiger partial charge >= 0.3 is 0 Å². The van der Waals surface area contributed by atoms with Crippen LogP contribution in [0.5, 0.6) is 5.75 Å². The van der Waals surface area contributed by atoms with Gasteiger partial charge in [0.2, 0.25) is 0 Å². The number of piperazine rings is 1. The first kappa shape index (κ1) is 15.3. The third kappa shape index (κ3) is 4.20. The monoisotopic (exact) mass is 287 g/mol. The van der Waals surface area contributed by atoms with Gasteiger partial charge in [-0.15, -0.1) is 0 Å². The number of hydrogen-bond donors (Lipinski definition) is 0. The number of benzene rings is 1. The molecule has 1 amide bonds. The number of rotatable bonds is 5. The number of nitriles is 1. The normalized spacial score (nSPS) is 15.5. The highest BCUT2D eigenvalue weighted by Crippen LogP contribution is 2.16. The summed E-state index contributed by atoms with van der Waals surface area (Å²) in [5, 5.41) is 8.69. The van der Waals surface area contributed by atoms with Crippen molar-refractivity contribution in [2.75, 3.05) is 39.3 Å². The number of amides is 1. The van der Waals surface area contributed by atoms with Crippen molar-refractivity contribution in [1.29, 1.82) is 5.26 Å². The lowest BCUT2D eigenvalue weighted by Gasteiger charge is -2.33. The van der Waals surface area contributed by atoms with Crippen molar-refractivity contribution in [3.8, 4) is 11.8 Å². The van der Waals surface area contributed by atoms with E-state index in [4.69, 9.17) is 10.00 Å². The second-order valence-electron chi connectivity index (χ2n) is 5.10. The van der Waals surface area contributed by atoms with Gasteiger partial charge in [-0.1, -0.05) is 13.0 Å². The van der Waals surface area contributed by atoms with Crippen molar-refractivity contribution in [2.24, 2.45) is 0 Å². The molecule has 0 radical (unpaired) electrons. The van der Waals surface area contributed by atoms with E-state index in [2.05, 4.69) is 17.9 Å². The molecule has 1 aromatic rings. The van der Waals surface area contributed by atoms with E-state index >= 15 is 0 Å². The Balaban J connectivity index is 1.96. The number of carbonyl (C=O) groups excluding carboxylic acids is 1. The summed E-state index contributed by atoms with van der Waals surface area (Å²) in [6.07, 6.45) is 0.943. The molecule has 1 aliphatic heterocycles. The Morgan fingerprint density at radius 1 is 1.33 bits per heavy atom. The van der Waals surface area contributed by atoms with E-state index in [-0.39, 0.29) is 5.91 Å². The second kappa shape index (κ2) is 7.65. The van der Waals surface area contributed by atoms with Crippen LogP contribution in [0.1, 0.15) is 23.7 Å². The van der Waals surface area contributed by atoms with Gasteiger partial charge in [0.15, 0.2) is 0 Å². The Morgan fingerprint density at radius 3 is 2.76 bits per heavy atom. The van der Waals surface area contributed by atoms with E-state index < -0.39 is 0 Å². The molecule has 5 nitrogen and oxygen atoms in total. The number of carbonyl (C=O) groups is 1. The van der Waals surface area contributed by atoms with Crippen molar-refractivity contribution >= 4 is 5.91 Å². The molecule has 0 bridgehead atoms. The van der Waals surface area contributed by atoms with Gasteiger partial charge in [0, 0.05) is 31.7 Å². The molecule has 0 aliphatic carbocycles. The molecule has 1 heterocycles. The maximum absolute atomic E-state index is 12.5. The zero-order chi connectivity index (χ0) is 15.1. The first-order chi connectivity index (χ1) is 10.2. The van der Waals surface area contributed by atoms with Crippen LogP contribution in [-0.4, -0.2) is 55.0 Å². The van der Waals surface area contributed by atoms with E-state index in [9.17, 15) is 4.79 Å². The van der Waals surface area contributed by atoms with Crippen LogP contribution in [0.2, 0.25) is 0 Å². The van der Waals surface area contributed by atoms with Crippen LogP contribution in [0.3, 0.4) is 0 Å². The molecule has 0 N–H and O–H groups in total. The smallest absolute Gasteiger partial charge is 0.254 e. The van der Waals surface area contributed by atoms with Gasteiger partial charge in [0.25, 0.3) is 5.91 Å². The number of hydrogen-bond acceptors (Lipinski definition) is 4. The summed E-state index contributed by atoms with van der Waals surface area (Å²) >= 11 is 0. The van der Waals surface area contributed by atoms with Crippen LogP contribution in [0.25, 0.3) is 0 Å². The molecule has 0 unspecified atom stereocenters. The fourth-order valence-corrected chi connectivity index (χ4v) is 2.33. The van der Waals surface area contributed by atoms with Gasteiger partial charge in [0.1, 0.15) is 5.75 Å². The predicted molar refractivity (Wildman–Crippen MR) is 80.2 cm³/mol. The van der Waals surface area contributed by atoms with E-state index in [0.717, 1.165) is 25.3 Å². The average Bonchev–Trinajstić information content (AvgIpc) is 2.53. The minimum atomic E-state index is 0.0357. The lowest BCUT2D eigenvalue weighted by molar-refractivity contribution is 0.0651. The summed E-state index contributed by atoms with van der Waals surface area (Å²) in [7, 11) is 0. The number of ether oxygens (including phenoxy) is 1. The Labute approximate surface area is 125 Å². The fourth-order valence-electron chi connectivity index (χ4n) is 2.33. The van der Waals surface area contributed by atoms with Gasteiger partial charge in [-0.05, 0) is 24.6 Å². The minimum Gasteiger partial charge on any atom is -0.494 e. The highest BCUT2D eigenvalue weighted by atomic mass is 16.5. The molecule has 0 spiro atoms. The van der Waals surface area contributed by atoms with Crippen molar-refractivity contribution < 1.29 is 9.53 Å². The summed E-state index contributed by atoms with van der Waals surface area (Å²) in [5.41, 5.74) is 0.664. The van der Waals surface area contributed by atoms with Crippen molar-refractivity contribution in [1.82, 2.24) is 9.80 Å². The van der Waals surface area contributed by atoms with Gasteiger partial charge in [0.05, 0.1) is 19.2 Å². The highest BCUT2D eigenvalue weighted by molar-refractivity contribution is 5.94. The maximum atomic E-state index is 12.5. The van der Waals surface area contributed by atoms with Crippen molar-refractivity contribution in [3.05, 3.63) is 29.8 Å². The van der Waals surface area contributed by atoms with Gasteiger partial charge in [-0.3, -0.25) is 9.69 Å². The largest absolute Gasteiger partial charge is 0.494 e. The molecule has 21 heavy (non-hydrogen) atoms. The van der Waals surface area contributed by atoms with Crippen molar-refractivity contribution in [3.63, 3.8) is 0 Å². The van der Waals surface area contributed by atoms with E-state index in [1.165, 1.54) is 0 Å². The Kier molecular flexibility index (Phi) is 5.59.